The maximum absolute atomic E-state index is 12.8. The van der Waals surface area contributed by atoms with Crippen LogP contribution in [0.5, 0.6) is 5.75 Å². The van der Waals surface area contributed by atoms with Crippen LogP contribution in [0.1, 0.15) is 33.3 Å². The largest absolute Gasteiger partial charge is 0.484 e. The Kier molecular flexibility index (Phi) is 7.82. The summed E-state index contributed by atoms with van der Waals surface area (Å²) in [7, 11) is 0. The molecule has 1 N–H and O–H groups in total. The summed E-state index contributed by atoms with van der Waals surface area (Å²) in [6.07, 6.45) is 0. The van der Waals surface area contributed by atoms with Crippen LogP contribution in [0, 0.1) is 20.8 Å². The van der Waals surface area contributed by atoms with E-state index >= 15 is 0 Å². The first-order valence-corrected chi connectivity index (χ1v) is 11.5. The van der Waals surface area contributed by atoms with E-state index in [1.165, 1.54) is 11.3 Å². The van der Waals surface area contributed by atoms with Crippen LogP contribution < -0.4 is 10.1 Å². The zero-order chi connectivity index (χ0) is 23.4. The van der Waals surface area contributed by atoms with E-state index in [0.29, 0.717) is 31.9 Å². The topological polar surface area (TPSA) is 64.6 Å². The van der Waals surface area contributed by atoms with Crippen LogP contribution in [-0.4, -0.2) is 25.1 Å². The lowest BCUT2D eigenvalue weighted by molar-refractivity contribution is -0.118. The summed E-state index contributed by atoms with van der Waals surface area (Å²) in [5.41, 5.74) is 3.59. The van der Waals surface area contributed by atoms with E-state index in [-0.39, 0.29) is 19.1 Å². The number of hydrogen-bond donors (Lipinski definition) is 1. The molecule has 1 amide bonds. The van der Waals surface area contributed by atoms with Crippen molar-refractivity contribution < 1.29 is 19.1 Å². The molecule has 32 heavy (non-hydrogen) atoms. The van der Waals surface area contributed by atoms with E-state index in [1.807, 2.05) is 32.9 Å². The summed E-state index contributed by atoms with van der Waals surface area (Å²) in [5, 5.41) is 4.49. The highest BCUT2D eigenvalue weighted by molar-refractivity contribution is 7.17. The van der Waals surface area contributed by atoms with Crippen molar-refractivity contribution in [2.75, 3.05) is 18.5 Å². The Morgan fingerprint density at radius 3 is 2.25 bits per heavy atom. The van der Waals surface area contributed by atoms with Gasteiger partial charge in [0.2, 0.25) is 0 Å². The summed E-state index contributed by atoms with van der Waals surface area (Å²) in [4.78, 5) is 26.3. The highest BCUT2D eigenvalue weighted by Gasteiger charge is 2.25. The maximum atomic E-state index is 12.8. The second-order valence-electron chi connectivity index (χ2n) is 7.17. The number of carbonyl (C=O) groups excluding carboxylic acids is 2. The zero-order valence-corrected chi connectivity index (χ0v) is 20.5. The molecule has 5 nitrogen and oxygen atoms in total. The molecule has 0 aliphatic carbocycles. The summed E-state index contributed by atoms with van der Waals surface area (Å²) in [6.45, 7) is 7.39. The molecule has 0 unspecified atom stereocenters. The van der Waals surface area contributed by atoms with Gasteiger partial charge in [0.15, 0.2) is 6.61 Å². The highest BCUT2D eigenvalue weighted by Crippen LogP contribution is 2.40. The third kappa shape index (κ3) is 5.44. The van der Waals surface area contributed by atoms with Crippen molar-refractivity contribution in [2.45, 2.75) is 27.7 Å². The molecule has 0 fully saturated rings. The zero-order valence-electron chi connectivity index (χ0n) is 18.2. The van der Waals surface area contributed by atoms with Gasteiger partial charge >= 0.3 is 5.97 Å². The molecule has 0 saturated carbocycles. The van der Waals surface area contributed by atoms with Crippen molar-refractivity contribution >= 4 is 51.4 Å². The second kappa shape index (κ2) is 10.4. The number of rotatable bonds is 7. The lowest BCUT2D eigenvalue weighted by Gasteiger charge is -2.11. The van der Waals surface area contributed by atoms with E-state index < -0.39 is 5.97 Å². The van der Waals surface area contributed by atoms with E-state index in [4.69, 9.17) is 32.7 Å². The Morgan fingerprint density at radius 1 is 1.03 bits per heavy atom. The highest BCUT2D eigenvalue weighted by atomic mass is 35.5. The summed E-state index contributed by atoms with van der Waals surface area (Å²) >= 11 is 13.5. The number of aryl methyl sites for hydroxylation is 3. The minimum atomic E-state index is -0.498. The average molecular weight is 492 g/mol. The Morgan fingerprint density at radius 2 is 1.66 bits per heavy atom. The van der Waals surface area contributed by atoms with Crippen molar-refractivity contribution in [1.82, 2.24) is 0 Å². The van der Waals surface area contributed by atoms with Gasteiger partial charge in [0.25, 0.3) is 5.91 Å². The summed E-state index contributed by atoms with van der Waals surface area (Å²) in [6, 6.07) is 10.7. The van der Waals surface area contributed by atoms with Gasteiger partial charge in [-0.2, -0.15) is 0 Å². The number of amides is 1. The van der Waals surface area contributed by atoms with Crippen molar-refractivity contribution in [1.29, 1.82) is 0 Å². The van der Waals surface area contributed by atoms with Gasteiger partial charge in [-0.05, 0) is 68.7 Å². The predicted octanol–water partition coefficient (Wildman–Crippen LogP) is 6.84. The van der Waals surface area contributed by atoms with Crippen LogP contribution in [0.3, 0.4) is 0 Å². The van der Waals surface area contributed by atoms with Crippen molar-refractivity contribution in [3.05, 3.63) is 68.0 Å². The molecule has 0 spiro atoms. The van der Waals surface area contributed by atoms with Crippen molar-refractivity contribution in [3.8, 4) is 16.9 Å². The quantitative estimate of drug-likeness (QED) is 0.367. The molecule has 168 valence electrons. The van der Waals surface area contributed by atoms with E-state index in [1.54, 1.807) is 31.2 Å². The van der Waals surface area contributed by atoms with Crippen LogP contribution in [0.4, 0.5) is 5.00 Å². The minimum absolute atomic E-state index is 0.212. The fourth-order valence-corrected chi connectivity index (χ4v) is 4.61. The molecule has 1 aromatic heterocycles. The van der Waals surface area contributed by atoms with Crippen molar-refractivity contribution in [2.24, 2.45) is 0 Å². The first-order valence-electron chi connectivity index (χ1n) is 9.97. The van der Waals surface area contributed by atoms with Crippen LogP contribution in [-0.2, 0) is 9.53 Å². The number of carbonyl (C=O) groups is 2. The Labute approximate surface area is 201 Å². The number of anilines is 1. The van der Waals surface area contributed by atoms with Gasteiger partial charge in [-0.3, -0.25) is 4.79 Å². The smallest absolute Gasteiger partial charge is 0.341 e. The molecule has 2 aromatic carbocycles. The number of hydrogen-bond acceptors (Lipinski definition) is 5. The lowest BCUT2D eigenvalue weighted by atomic mass is 10.0. The number of ether oxygens (including phenoxy) is 2. The van der Waals surface area contributed by atoms with Crippen LogP contribution >= 0.6 is 34.5 Å². The number of esters is 1. The van der Waals surface area contributed by atoms with Crippen LogP contribution in [0.15, 0.2) is 36.4 Å². The first-order chi connectivity index (χ1) is 15.2. The minimum Gasteiger partial charge on any atom is -0.484 e. The molecule has 0 bridgehead atoms. The Bertz CT molecular complexity index is 1130. The van der Waals surface area contributed by atoms with Gasteiger partial charge in [0, 0.05) is 20.5 Å². The molecule has 0 aliphatic rings. The number of halogens is 2. The number of thiophene rings is 1. The van der Waals surface area contributed by atoms with E-state index in [2.05, 4.69) is 5.32 Å². The third-order valence-electron chi connectivity index (χ3n) is 4.73. The van der Waals surface area contributed by atoms with E-state index in [0.717, 1.165) is 21.6 Å². The van der Waals surface area contributed by atoms with Crippen LogP contribution in [0.25, 0.3) is 11.1 Å². The molecule has 3 aromatic rings. The Hall–Kier alpha value is -2.54. The Balaban J connectivity index is 1.85. The standard InChI is InChI=1S/C24H23Cl2NO4S/c1-5-30-24(29)21-20(16-6-8-17(25)9-7-16)15(4)32-23(21)27-19(28)12-31-18-10-13(2)22(26)14(3)11-18/h6-11H,5,12H2,1-4H3,(H,27,28). The molecule has 1 heterocycles. The molecule has 0 atom stereocenters. The van der Waals surface area contributed by atoms with Crippen molar-refractivity contribution in [3.63, 3.8) is 0 Å². The van der Waals surface area contributed by atoms with Gasteiger partial charge in [0.05, 0.1) is 6.61 Å². The number of nitrogens with one attached hydrogen (secondary N) is 1. The summed E-state index contributed by atoms with van der Waals surface area (Å²) in [5.74, 6) is -0.332. The van der Waals surface area contributed by atoms with Gasteiger partial charge in [-0.1, -0.05) is 35.3 Å². The summed E-state index contributed by atoms with van der Waals surface area (Å²) < 4.78 is 10.9. The molecule has 0 saturated heterocycles. The average Bonchev–Trinajstić information content (AvgIpc) is 3.06. The van der Waals surface area contributed by atoms with E-state index in [9.17, 15) is 9.59 Å². The lowest BCUT2D eigenvalue weighted by Crippen LogP contribution is -2.21. The van der Waals surface area contributed by atoms with Crippen LogP contribution in [0.2, 0.25) is 10.0 Å². The third-order valence-corrected chi connectivity index (χ3v) is 6.60. The first kappa shape index (κ1) is 24.1. The maximum Gasteiger partial charge on any atom is 0.341 e. The number of benzene rings is 2. The molecular formula is C24H23Cl2NO4S. The normalized spacial score (nSPS) is 10.7. The molecule has 8 heteroatoms. The molecule has 3 rings (SSSR count). The second-order valence-corrected chi connectivity index (χ2v) is 9.21. The molecule has 0 aliphatic heterocycles. The molecular weight excluding hydrogens is 469 g/mol. The predicted molar refractivity (Wildman–Crippen MR) is 131 cm³/mol. The fourth-order valence-electron chi connectivity index (χ4n) is 3.30. The van der Waals surface area contributed by atoms with Gasteiger partial charge in [-0.25, -0.2) is 4.79 Å². The SMILES string of the molecule is CCOC(=O)c1c(NC(=O)COc2cc(C)c(Cl)c(C)c2)sc(C)c1-c1ccc(Cl)cc1. The van der Waals surface area contributed by atoms with Gasteiger partial charge in [-0.15, -0.1) is 11.3 Å². The monoisotopic (exact) mass is 491 g/mol. The van der Waals surface area contributed by atoms with Gasteiger partial charge < -0.3 is 14.8 Å². The molecule has 0 radical (unpaired) electrons. The van der Waals surface area contributed by atoms with Gasteiger partial charge in [0.1, 0.15) is 16.3 Å². The fraction of sp³-hybridized carbons (Fsp3) is 0.250.